The topological polar surface area (TPSA) is 206 Å². The number of aliphatic hydroxyl groups is 1. The molecule has 6 amide bonds. The number of para-hydroxylation sites is 2. The number of amides is 6. The third-order valence-electron chi connectivity index (χ3n) is 11.1. The Hall–Kier alpha value is -6.41. The first kappa shape index (κ1) is 47.5. The van der Waals surface area contributed by atoms with Crippen LogP contribution in [0.15, 0.2) is 96.4 Å². The van der Waals surface area contributed by atoms with Crippen LogP contribution in [0.25, 0.3) is 0 Å². The minimum Gasteiger partial charge on any atom is -0.393 e. The number of rotatable bonds is 11. The molecule has 1 saturated carbocycles. The molecule has 18 nitrogen and oxygen atoms in total. The average molecular weight is 959 g/mol. The summed E-state index contributed by atoms with van der Waals surface area (Å²) in [6, 6.07) is 21.9. The van der Waals surface area contributed by atoms with Gasteiger partial charge in [0.2, 0.25) is 32.8 Å². The minimum absolute atomic E-state index is 0.0730. The van der Waals surface area contributed by atoms with Gasteiger partial charge in [-0.15, -0.1) is 0 Å². The van der Waals surface area contributed by atoms with Gasteiger partial charge in [0.15, 0.2) is 0 Å². The molecule has 0 unspecified atom stereocenters. The number of aliphatic hydroxyl groups excluding tert-OH is 1. The molecule has 2 aliphatic heterocycles. The molecule has 1 aliphatic carbocycles. The van der Waals surface area contributed by atoms with Crippen LogP contribution in [0.5, 0.6) is 0 Å². The summed E-state index contributed by atoms with van der Waals surface area (Å²) in [4.78, 5) is 77.6. The van der Waals surface area contributed by atoms with Gasteiger partial charge in [-0.2, -0.15) is 4.98 Å². The summed E-state index contributed by atoms with van der Waals surface area (Å²) in [6.45, 7) is -0.148. The third kappa shape index (κ3) is 10.8. The number of urea groups is 2. The number of anilines is 5. The van der Waals surface area contributed by atoms with Crippen LogP contribution in [0.4, 0.5) is 38.5 Å². The van der Waals surface area contributed by atoms with Crippen molar-refractivity contribution >= 4 is 85.9 Å². The zero-order valence-corrected chi connectivity index (χ0v) is 39.0. The Morgan fingerprint density at radius 3 is 1.67 bits per heavy atom. The van der Waals surface area contributed by atoms with E-state index in [2.05, 4.69) is 25.3 Å². The smallest absolute Gasteiger partial charge is 0.331 e. The molecule has 0 spiro atoms. The number of aromatic nitrogens is 4. The van der Waals surface area contributed by atoms with Crippen LogP contribution in [0.3, 0.4) is 0 Å². The molecule has 3 aromatic carbocycles. The van der Waals surface area contributed by atoms with Crippen LogP contribution in [0, 0.1) is 0 Å². The number of hydrogen-bond acceptors (Lipinski definition) is 12. The normalized spacial score (nSPS) is 17.0. The number of nitrogens with zero attached hydrogens (tertiary/aromatic N) is 10. The van der Waals surface area contributed by atoms with E-state index < -0.39 is 21.0 Å². The molecular weight excluding hydrogens is 910 g/mol. The van der Waals surface area contributed by atoms with E-state index in [1.54, 1.807) is 107 Å². The van der Waals surface area contributed by atoms with Gasteiger partial charge in [-0.05, 0) is 55.5 Å². The summed E-state index contributed by atoms with van der Waals surface area (Å²) >= 11 is 12.7. The Bertz CT molecular complexity index is 2720. The number of halogens is 2. The molecule has 0 saturated heterocycles. The maximum absolute atomic E-state index is 13.5. The Labute approximate surface area is 392 Å². The second-order valence-electron chi connectivity index (χ2n) is 16.3. The van der Waals surface area contributed by atoms with E-state index in [1.165, 1.54) is 30.7 Å². The summed E-state index contributed by atoms with van der Waals surface area (Å²) in [5.41, 5.74) is 2.83. The molecule has 346 valence electrons. The number of benzene rings is 3. The number of fused-ring (bicyclic) bond motifs is 2. The lowest BCUT2D eigenvalue weighted by atomic mass is 9.93. The molecule has 66 heavy (non-hydrogen) atoms. The molecule has 4 heterocycles. The highest BCUT2D eigenvalue weighted by molar-refractivity contribution is 7.90. The summed E-state index contributed by atoms with van der Waals surface area (Å²) in [5, 5.41) is 13.4. The lowest BCUT2D eigenvalue weighted by molar-refractivity contribution is -0.127. The van der Waals surface area contributed by atoms with E-state index in [0.29, 0.717) is 44.3 Å². The Balaban J connectivity index is 0.000000197. The molecule has 0 radical (unpaired) electrons. The average Bonchev–Trinajstić information content (AvgIpc) is 3.29. The van der Waals surface area contributed by atoms with Crippen molar-refractivity contribution < 1.29 is 32.7 Å². The number of carbonyl (C=O) groups is 4. The van der Waals surface area contributed by atoms with Crippen molar-refractivity contribution in [1.82, 2.24) is 29.7 Å². The van der Waals surface area contributed by atoms with Crippen molar-refractivity contribution in [3.63, 3.8) is 0 Å². The Kier molecular flexibility index (Phi) is 14.7. The number of sulfone groups is 1. The van der Waals surface area contributed by atoms with Crippen LogP contribution >= 0.6 is 23.2 Å². The largest absolute Gasteiger partial charge is 0.393 e. The molecule has 5 aromatic rings. The highest BCUT2D eigenvalue weighted by atomic mass is 35.5. The SMILES string of the molecule is CN(C)C(=O)CN1C(=O)N(c2ccccc2Cl)Cc2cnc(NC3CCC(O)CC3)nc21.CN(C)C(=O)CN1C(=O)N(c2ccccc2Cl)Cc2cnc(S(=O)(=O)Cc3ccccc3)nc21. The van der Waals surface area contributed by atoms with Crippen molar-refractivity contribution in [3.8, 4) is 0 Å². The van der Waals surface area contributed by atoms with Crippen molar-refractivity contribution in [2.24, 2.45) is 0 Å². The quantitative estimate of drug-likeness (QED) is 0.146. The van der Waals surface area contributed by atoms with Crippen LogP contribution in [0.2, 0.25) is 10.0 Å². The van der Waals surface area contributed by atoms with Crippen molar-refractivity contribution in [2.45, 2.75) is 61.8 Å². The highest BCUT2D eigenvalue weighted by Gasteiger charge is 2.38. The summed E-state index contributed by atoms with van der Waals surface area (Å²) < 4.78 is 26.0. The second kappa shape index (κ2) is 20.4. The second-order valence-corrected chi connectivity index (χ2v) is 19.0. The fourth-order valence-corrected chi connectivity index (χ4v) is 9.13. The molecule has 21 heteroatoms. The van der Waals surface area contributed by atoms with E-state index in [-0.39, 0.29) is 67.7 Å². The van der Waals surface area contributed by atoms with Crippen molar-refractivity contribution in [2.75, 3.05) is 66.2 Å². The first-order valence-electron chi connectivity index (χ1n) is 21.0. The zero-order chi connectivity index (χ0) is 47.3. The lowest BCUT2D eigenvalue weighted by Gasteiger charge is -2.36. The van der Waals surface area contributed by atoms with Crippen molar-refractivity contribution in [1.29, 1.82) is 0 Å². The monoisotopic (exact) mass is 957 g/mol. The Morgan fingerprint density at radius 1 is 0.697 bits per heavy atom. The molecule has 3 aliphatic rings. The molecule has 2 aromatic heterocycles. The van der Waals surface area contributed by atoms with Gasteiger partial charge in [0.1, 0.15) is 24.7 Å². The van der Waals surface area contributed by atoms with Crippen LogP contribution < -0.4 is 24.9 Å². The molecule has 8 rings (SSSR count). The lowest BCUT2D eigenvalue weighted by Crippen LogP contribution is -2.51. The Morgan fingerprint density at radius 2 is 1.17 bits per heavy atom. The van der Waals surface area contributed by atoms with E-state index in [4.69, 9.17) is 23.2 Å². The number of hydrogen-bond donors (Lipinski definition) is 2. The number of carbonyl (C=O) groups excluding carboxylic acids is 4. The van der Waals surface area contributed by atoms with Crippen LogP contribution in [0.1, 0.15) is 42.4 Å². The molecule has 0 atom stereocenters. The van der Waals surface area contributed by atoms with Crippen LogP contribution in [-0.4, -0.2) is 121 Å². The third-order valence-corrected chi connectivity index (χ3v) is 13.2. The maximum Gasteiger partial charge on any atom is 0.331 e. The fraction of sp³-hybridized carbons (Fsp3) is 0.333. The number of likely N-dealkylation sites (N-methyl/N-ethyl adjacent to an activating group) is 2. The van der Waals surface area contributed by atoms with E-state index in [9.17, 15) is 32.7 Å². The van der Waals surface area contributed by atoms with Gasteiger partial charge in [0.05, 0.1) is 46.4 Å². The van der Waals surface area contributed by atoms with Crippen molar-refractivity contribution in [3.05, 3.63) is 118 Å². The van der Waals surface area contributed by atoms with Gasteiger partial charge in [-0.1, -0.05) is 77.8 Å². The van der Waals surface area contributed by atoms with E-state index >= 15 is 0 Å². The summed E-state index contributed by atoms with van der Waals surface area (Å²) in [5.74, 6) is 0.0499. The van der Waals surface area contributed by atoms with Crippen LogP contribution in [-0.2, 0) is 38.3 Å². The first-order valence-corrected chi connectivity index (χ1v) is 23.4. The predicted octanol–water partition coefficient (Wildman–Crippen LogP) is 6.02. The van der Waals surface area contributed by atoms with Gasteiger partial charge in [-0.3, -0.25) is 29.2 Å². The van der Waals surface area contributed by atoms with Gasteiger partial charge in [0.25, 0.3) is 0 Å². The standard InChI is InChI=1S/C23H22ClN5O4S.C22H27ClN6O3/c1-27(2)20(30)14-29-21-17(13-28(23(29)31)19-11-7-6-10-18(19)24)12-25-22(26-21)34(32,33)15-16-8-4-3-5-9-16;1-27(2)19(31)13-29-20-14(12-28(22(29)32)18-6-4-3-5-17(18)23)11-24-21(26-20)25-15-7-9-16(30)10-8-15/h3-12H,13-15H2,1-2H3;3-6,11,15-16,30H,7-10,12-13H2,1-2H3,(H,24,25,26). The van der Waals surface area contributed by atoms with Gasteiger partial charge in [0, 0.05) is 57.8 Å². The van der Waals surface area contributed by atoms with Gasteiger partial charge >= 0.3 is 12.1 Å². The fourth-order valence-electron chi connectivity index (χ4n) is 7.46. The maximum atomic E-state index is 13.5. The molecule has 1 fully saturated rings. The number of nitrogens with one attached hydrogen (secondary N) is 1. The highest BCUT2D eigenvalue weighted by Crippen LogP contribution is 2.36. The van der Waals surface area contributed by atoms with Gasteiger partial charge < -0.3 is 20.2 Å². The zero-order valence-electron chi connectivity index (χ0n) is 36.7. The first-order chi connectivity index (χ1) is 31.5. The molecule has 2 N–H and O–H groups in total. The minimum atomic E-state index is -3.90. The summed E-state index contributed by atoms with van der Waals surface area (Å²) in [6.07, 6.45) is 5.93. The summed E-state index contributed by atoms with van der Waals surface area (Å²) in [7, 11) is 2.54. The van der Waals surface area contributed by atoms with E-state index in [1.807, 2.05) is 6.07 Å². The van der Waals surface area contributed by atoms with E-state index in [0.717, 1.165) is 36.1 Å². The van der Waals surface area contributed by atoms with Gasteiger partial charge in [-0.25, -0.2) is 33.0 Å². The molecule has 0 bridgehead atoms. The molecular formula is C45H49Cl2N11O7S. The predicted molar refractivity (Wildman–Crippen MR) is 251 cm³/mol.